The molecule has 0 fully saturated rings. The van der Waals surface area contributed by atoms with Gasteiger partial charge in [-0.25, -0.2) is 24.0 Å². The van der Waals surface area contributed by atoms with Crippen molar-refractivity contribution in [1.29, 1.82) is 0 Å². The first kappa shape index (κ1) is 38.2. The standard InChI is InChI=1S/C39H38O11/c1-25(2)36(41)46-23-29(24-47-37(42)26(3)4)21-22-45-31-12-7-28(8-13-31)9-20-35(40)48-32-16-18-34(19-17-32)50-39(44)30-10-14-33(15-11-30)49-38(43)27(5)6/h7-20,29H,1,3,5,21-24H2,2,4,6H3/b20-9+. The molecule has 260 valence electrons. The zero-order valence-electron chi connectivity index (χ0n) is 28.1. The highest BCUT2D eigenvalue weighted by atomic mass is 16.6. The van der Waals surface area contributed by atoms with E-state index in [2.05, 4.69) is 19.7 Å². The van der Waals surface area contributed by atoms with E-state index in [1.807, 2.05) is 0 Å². The molecule has 0 unspecified atom stereocenters. The number of hydrogen-bond donors (Lipinski definition) is 0. The molecule has 3 rings (SSSR count). The average Bonchev–Trinajstić information content (AvgIpc) is 3.09. The van der Waals surface area contributed by atoms with Gasteiger partial charge in [-0.1, -0.05) is 31.9 Å². The molecule has 11 heteroatoms. The van der Waals surface area contributed by atoms with Gasteiger partial charge in [-0.2, -0.15) is 0 Å². The van der Waals surface area contributed by atoms with Gasteiger partial charge in [-0.15, -0.1) is 0 Å². The van der Waals surface area contributed by atoms with Crippen molar-refractivity contribution in [3.63, 3.8) is 0 Å². The van der Waals surface area contributed by atoms with Crippen LogP contribution in [0.3, 0.4) is 0 Å². The maximum atomic E-state index is 12.5. The maximum Gasteiger partial charge on any atom is 0.343 e. The van der Waals surface area contributed by atoms with Gasteiger partial charge in [-0.3, -0.25) is 0 Å². The van der Waals surface area contributed by atoms with Crippen LogP contribution in [0.2, 0.25) is 0 Å². The van der Waals surface area contributed by atoms with Crippen LogP contribution in [-0.4, -0.2) is 49.7 Å². The van der Waals surface area contributed by atoms with E-state index >= 15 is 0 Å². The Morgan fingerprint density at radius 3 is 1.58 bits per heavy atom. The van der Waals surface area contributed by atoms with Gasteiger partial charge in [0.25, 0.3) is 0 Å². The number of carbonyl (C=O) groups is 5. The number of hydrogen-bond acceptors (Lipinski definition) is 11. The van der Waals surface area contributed by atoms with Crippen LogP contribution in [-0.2, 0) is 28.7 Å². The van der Waals surface area contributed by atoms with Gasteiger partial charge in [0.1, 0.15) is 23.0 Å². The molecule has 0 saturated heterocycles. The molecule has 0 bridgehead atoms. The second-order valence-corrected chi connectivity index (χ2v) is 11.1. The third-order valence-electron chi connectivity index (χ3n) is 6.59. The van der Waals surface area contributed by atoms with E-state index in [1.54, 1.807) is 44.2 Å². The summed E-state index contributed by atoms with van der Waals surface area (Å²) in [4.78, 5) is 60.1. The highest BCUT2D eigenvalue weighted by Crippen LogP contribution is 2.21. The van der Waals surface area contributed by atoms with E-state index in [0.717, 1.165) is 5.56 Å². The first-order valence-electron chi connectivity index (χ1n) is 15.4. The van der Waals surface area contributed by atoms with Crippen LogP contribution in [0, 0.1) is 5.92 Å². The molecule has 0 heterocycles. The van der Waals surface area contributed by atoms with Crippen molar-refractivity contribution < 1.29 is 52.4 Å². The molecule has 0 saturated carbocycles. The SMILES string of the molecule is C=C(C)C(=O)OCC(CCOc1ccc(/C=C/C(=O)Oc2ccc(OC(=O)c3ccc(OC(=O)C(=C)C)cc3)cc2)cc1)COC(=O)C(=C)C. The molecule has 0 aliphatic heterocycles. The molecule has 0 aliphatic carbocycles. The molecule has 11 nitrogen and oxygen atoms in total. The topological polar surface area (TPSA) is 141 Å². The fourth-order valence-electron chi connectivity index (χ4n) is 3.78. The zero-order chi connectivity index (χ0) is 36.6. The number of benzene rings is 3. The minimum atomic E-state index is -0.626. The lowest BCUT2D eigenvalue weighted by Crippen LogP contribution is -2.23. The summed E-state index contributed by atoms with van der Waals surface area (Å²) in [6, 6.07) is 18.8. The minimum absolute atomic E-state index is 0.0316. The zero-order valence-corrected chi connectivity index (χ0v) is 28.1. The molecule has 0 aromatic heterocycles. The summed E-state index contributed by atoms with van der Waals surface area (Å²) in [5.41, 5.74) is 1.74. The molecule has 0 spiro atoms. The first-order chi connectivity index (χ1) is 23.8. The van der Waals surface area contributed by atoms with E-state index in [4.69, 9.17) is 28.4 Å². The van der Waals surface area contributed by atoms with E-state index in [1.165, 1.54) is 61.5 Å². The number of carbonyl (C=O) groups excluding carboxylic acids is 5. The lowest BCUT2D eigenvalue weighted by Gasteiger charge is -2.17. The number of esters is 5. The van der Waals surface area contributed by atoms with Crippen molar-refractivity contribution in [1.82, 2.24) is 0 Å². The van der Waals surface area contributed by atoms with Gasteiger partial charge in [0.15, 0.2) is 0 Å². The van der Waals surface area contributed by atoms with Crippen LogP contribution < -0.4 is 18.9 Å². The van der Waals surface area contributed by atoms with Gasteiger partial charge in [0, 0.05) is 28.7 Å². The lowest BCUT2D eigenvalue weighted by atomic mass is 10.1. The second-order valence-electron chi connectivity index (χ2n) is 11.1. The number of rotatable bonds is 17. The monoisotopic (exact) mass is 682 g/mol. The summed E-state index contributed by atoms with van der Waals surface area (Å²) < 4.78 is 32.1. The first-order valence-corrected chi connectivity index (χ1v) is 15.4. The van der Waals surface area contributed by atoms with Crippen LogP contribution in [0.15, 0.2) is 115 Å². The highest BCUT2D eigenvalue weighted by molar-refractivity contribution is 5.92. The van der Waals surface area contributed by atoms with Crippen molar-refractivity contribution in [2.24, 2.45) is 5.92 Å². The van der Waals surface area contributed by atoms with Gasteiger partial charge in [0.05, 0.1) is 25.4 Å². The summed E-state index contributed by atoms with van der Waals surface area (Å²) in [6.07, 6.45) is 3.28. The highest BCUT2D eigenvalue weighted by Gasteiger charge is 2.16. The number of ether oxygens (including phenoxy) is 6. The van der Waals surface area contributed by atoms with E-state index < -0.39 is 29.8 Å². The second kappa shape index (κ2) is 18.9. The van der Waals surface area contributed by atoms with Crippen molar-refractivity contribution in [3.8, 4) is 23.0 Å². The molecular weight excluding hydrogens is 644 g/mol. The van der Waals surface area contributed by atoms with Crippen LogP contribution >= 0.6 is 0 Å². The van der Waals surface area contributed by atoms with Crippen molar-refractivity contribution >= 4 is 35.9 Å². The van der Waals surface area contributed by atoms with E-state index in [-0.39, 0.29) is 65.3 Å². The Bertz CT molecular complexity index is 1720. The van der Waals surface area contributed by atoms with E-state index in [0.29, 0.717) is 12.2 Å². The Balaban J connectivity index is 1.45. The summed E-state index contributed by atoms with van der Waals surface area (Å²) in [6.45, 7) is 15.6. The largest absolute Gasteiger partial charge is 0.494 e. The van der Waals surface area contributed by atoms with Crippen LogP contribution in [0.25, 0.3) is 6.08 Å². The van der Waals surface area contributed by atoms with Crippen LogP contribution in [0.1, 0.15) is 43.1 Å². The molecule has 0 atom stereocenters. The van der Waals surface area contributed by atoms with Crippen molar-refractivity contribution in [2.45, 2.75) is 27.2 Å². The van der Waals surface area contributed by atoms with Crippen molar-refractivity contribution in [2.75, 3.05) is 19.8 Å². The molecule has 3 aromatic rings. The smallest absolute Gasteiger partial charge is 0.343 e. The van der Waals surface area contributed by atoms with Gasteiger partial charge >= 0.3 is 29.8 Å². The predicted molar refractivity (Wildman–Crippen MR) is 185 cm³/mol. The molecular formula is C39H38O11. The molecule has 50 heavy (non-hydrogen) atoms. The Morgan fingerprint density at radius 1 is 0.600 bits per heavy atom. The molecule has 0 amide bonds. The average molecular weight is 683 g/mol. The lowest BCUT2D eigenvalue weighted by molar-refractivity contribution is -0.144. The fourth-order valence-corrected chi connectivity index (χ4v) is 3.78. The Kier molecular flexibility index (Phi) is 14.5. The van der Waals surface area contributed by atoms with Crippen LogP contribution in [0.4, 0.5) is 0 Å². The Morgan fingerprint density at radius 2 is 1.06 bits per heavy atom. The third-order valence-corrected chi connectivity index (χ3v) is 6.59. The van der Waals surface area contributed by atoms with Crippen LogP contribution in [0.5, 0.6) is 23.0 Å². The minimum Gasteiger partial charge on any atom is -0.494 e. The maximum absolute atomic E-state index is 12.5. The summed E-state index contributed by atoms with van der Waals surface area (Å²) in [5, 5.41) is 0. The van der Waals surface area contributed by atoms with E-state index in [9.17, 15) is 24.0 Å². The Labute approximate surface area is 290 Å². The Hall–Kier alpha value is -6.23. The molecule has 3 aromatic carbocycles. The predicted octanol–water partition coefficient (Wildman–Crippen LogP) is 6.63. The quantitative estimate of drug-likeness (QED) is 0.0861. The molecule has 0 radical (unpaired) electrons. The fraction of sp³-hybridized carbons (Fsp3) is 0.205. The van der Waals surface area contributed by atoms with Gasteiger partial charge in [-0.05, 0) is 99.5 Å². The summed E-state index contributed by atoms with van der Waals surface area (Å²) in [7, 11) is 0. The van der Waals surface area contributed by atoms with Gasteiger partial charge in [0.2, 0.25) is 0 Å². The molecule has 0 N–H and O–H groups in total. The van der Waals surface area contributed by atoms with Gasteiger partial charge < -0.3 is 28.4 Å². The summed E-state index contributed by atoms with van der Waals surface area (Å²) in [5.74, 6) is -1.86. The molecule has 0 aliphatic rings. The van der Waals surface area contributed by atoms with Crippen molar-refractivity contribution in [3.05, 3.63) is 126 Å². The summed E-state index contributed by atoms with van der Waals surface area (Å²) >= 11 is 0. The third kappa shape index (κ3) is 13.1. The normalized spacial score (nSPS) is 10.6.